The third kappa shape index (κ3) is 2.92. The highest BCUT2D eigenvalue weighted by Crippen LogP contribution is 2.43. The molecule has 5 rings (SSSR count). The van der Waals surface area contributed by atoms with E-state index >= 15 is 0 Å². The number of aldehydes is 1. The van der Waals surface area contributed by atoms with Gasteiger partial charge in [0.05, 0.1) is 11.7 Å². The van der Waals surface area contributed by atoms with Crippen molar-refractivity contribution in [1.82, 2.24) is 10.2 Å². The first-order valence-electron chi connectivity index (χ1n) is 10.6. The number of nitrogens with one attached hydrogen (secondary N) is 2. The molecule has 0 bridgehead atoms. The van der Waals surface area contributed by atoms with Crippen LogP contribution in [-0.2, 0) is 9.59 Å². The van der Waals surface area contributed by atoms with Crippen molar-refractivity contribution in [2.45, 2.75) is 50.2 Å². The van der Waals surface area contributed by atoms with Crippen LogP contribution in [0.5, 0.6) is 0 Å². The summed E-state index contributed by atoms with van der Waals surface area (Å²) in [5.74, 6) is -1.36. The summed E-state index contributed by atoms with van der Waals surface area (Å²) in [5, 5.41) is 15.7. The first-order chi connectivity index (χ1) is 14.5. The van der Waals surface area contributed by atoms with E-state index in [4.69, 9.17) is 0 Å². The Hall–Kier alpha value is -2.77. The molecular weight excluding hydrogens is 382 g/mol. The van der Waals surface area contributed by atoms with Crippen LogP contribution in [-0.4, -0.2) is 53.0 Å². The Balaban J connectivity index is 1.61. The first-order valence-corrected chi connectivity index (χ1v) is 10.6. The number of carbonyl (C=O) groups excluding carboxylic acids is 2. The molecule has 30 heavy (non-hydrogen) atoms. The van der Waals surface area contributed by atoms with Gasteiger partial charge in [-0.3, -0.25) is 15.0 Å². The molecule has 1 aromatic carbocycles. The lowest BCUT2D eigenvalue weighted by molar-refractivity contribution is -0.111. The number of aromatic carboxylic acids is 1. The summed E-state index contributed by atoms with van der Waals surface area (Å²) in [4.78, 5) is 39.1. The fraction of sp³-hybridized carbons (Fsp3) is 0.435. The van der Waals surface area contributed by atoms with Crippen molar-refractivity contribution in [1.29, 1.82) is 0 Å². The van der Waals surface area contributed by atoms with Crippen molar-refractivity contribution >= 4 is 29.4 Å². The monoisotopic (exact) mass is 407 g/mol. The van der Waals surface area contributed by atoms with Crippen LogP contribution >= 0.6 is 0 Å². The highest BCUT2D eigenvalue weighted by molar-refractivity contribution is 6.32. The maximum atomic E-state index is 12.8. The molecule has 1 aromatic rings. The van der Waals surface area contributed by atoms with E-state index in [9.17, 15) is 19.5 Å². The topological polar surface area (TPSA) is 98.7 Å². The number of carboxylic acids is 1. The molecule has 1 aliphatic carbocycles. The third-order valence-electron chi connectivity index (χ3n) is 6.83. The third-order valence-corrected chi connectivity index (χ3v) is 6.83. The van der Waals surface area contributed by atoms with Gasteiger partial charge in [0, 0.05) is 16.8 Å². The van der Waals surface area contributed by atoms with E-state index in [1.165, 1.54) is 17.7 Å². The average Bonchev–Trinajstić information content (AvgIpc) is 3.46. The molecule has 3 N–H and O–H groups in total. The Labute approximate surface area is 174 Å². The molecule has 3 heterocycles. The summed E-state index contributed by atoms with van der Waals surface area (Å²) in [5.41, 5.74) is 2.93. The lowest BCUT2D eigenvalue weighted by atomic mass is 9.81. The molecule has 1 saturated heterocycles. The summed E-state index contributed by atoms with van der Waals surface area (Å²) in [6.45, 7) is 2.01. The van der Waals surface area contributed by atoms with Crippen LogP contribution in [0.2, 0.25) is 0 Å². The number of likely N-dealkylation sites (tertiary alicyclic amines) is 1. The molecule has 1 fully saturated rings. The molecule has 3 aliphatic heterocycles. The van der Waals surface area contributed by atoms with Gasteiger partial charge in [0.1, 0.15) is 11.8 Å². The zero-order valence-corrected chi connectivity index (χ0v) is 16.7. The molecule has 2 atom stereocenters. The normalized spacial score (nSPS) is 29.8. The molecule has 4 aliphatic rings. The van der Waals surface area contributed by atoms with E-state index in [1.54, 1.807) is 12.1 Å². The SMILES string of the molecule is O=CC1(C=C2C(=O)Nc3ccc(C(=O)O)cc32)NC(N2CCCC2)C2=C1CCCC2. The predicted octanol–water partition coefficient (Wildman–Crippen LogP) is 2.55. The van der Waals surface area contributed by atoms with Gasteiger partial charge in [-0.25, -0.2) is 4.79 Å². The van der Waals surface area contributed by atoms with Crippen LogP contribution in [0.1, 0.15) is 54.4 Å². The van der Waals surface area contributed by atoms with Gasteiger partial charge in [-0.15, -0.1) is 0 Å². The summed E-state index contributed by atoms with van der Waals surface area (Å²) in [6.07, 6.45) is 8.92. The molecule has 7 nitrogen and oxygen atoms in total. The summed E-state index contributed by atoms with van der Waals surface area (Å²) in [6, 6.07) is 4.58. The largest absolute Gasteiger partial charge is 0.478 e. The minimum Gasteiger partial charge on any atom is -0.478 e. The van der Waals surface area contributed by atoms with Crippen molar-refractivity contribution in [3.8, 4) is 0 Å². The number of rotatable bonds is 4. The van der Waals surface area contributed by atoms with Crippen LogP contribution < -0.4 is 10.6 Å². The fourth-order valence-electron chi connectivity index (χ4n) is 5.37. The highest BCUT2D eigenvalue weighted by Gasteiger charge is 2.47. The van der Waals surface area contributed by atoms with Gasteiger partial charge in [0.15, 0.2) is 0 Å². The smallest absolute Gasteiger partial charge is 0.335 e. The second-order valence-corrected chi connectivity index (χ2v) is 8.57. The number of carboxylic acid groups (broad SMARTS) is 1. The van der Waals surface area contributed by atoms with Crippen molar-refractivity contribution in [3.63, 3.8) is 0 Å². The molecule has 0 radical (unpaired) electrons. The van der Waals surface area contributed by atoms with E-state index in [0.717, 1.165) is 63.5 Å². The van der Waals surface area contributed by atoms with Crippen LogP contribution in [0.4, 0.5) is 5.69 Å². The fourth-order valence-corrected chi connectivity index (χ4v) is 5.37. The molecule has 0 aromatic heterocycles. The molecule has 0 saturated carbocycles. The van der Waals surface area contributed by atoms with E-state index in [0.29, 0.717) is 16.8 Å². The number of benzene rings is 1. The Bertz CT molecular complexity index is 1010. The van der Waals surface area contributed by atoms with Gasteiger partial charge in [0.2, 0.25) is 0 Å². The number of anilines is 1. The van der Waals surface area contributed by atoms with Gasteiger partial charge in [0.25, 0.3) is 5.91 Å². The Kier molecular flexibility index (Phi) is 4.60. The van der Waals surface area contributed by atoms with Crippen molar-refractivity contribution in [3.05, 3.63) is 46.5 Å². The van der Waals surface area contributed by atoms with Crippen molar-refractivity contribution < 1.29 is 19.5 Å². The second-order valence-electron chi connectivity index (χ2n) is 8.57. The lowest BCUT2D eigenvalue weighted by Gasteiger charge is -2.29. The number of hydrogen-bond donors (Lipinski definition) is 3. The van der Waals surface area contributed by atoms with Crippen molar-refractivity contribution in [2.75, 3.05) is 18.4 Å². The standard InChI is InChI=1S/C23H25N3O4/c27-13-23(12-17-16-11-14(22(29)30)7-8-19(16)24-21(17)28)18-6-2-1-5-15(18)20(25-23)26-9-3-4-10-26/h7-8,11-13,20,25H,1-6,9-10H2,(H,24,28)(H,29,30). The second kappa shape index (κ2) is 7.18. The van der Waals surface area contributed by atoms with E-state index in [-0.39, 0.29) is 17.6 Å². The summed E-state index contributed by atoms with van der Waals surface area (Å²) < 4.78 is 0. The number of nitrogens with zero attached hydrogens (tertiary/aromatic N) is 1. The number of amides is 1. The molecule has 1 amide bonds. The highest BCUT2D eigenvalue weighted by atomic mass is 16.4. The van der Waals surface area contributed by atoms with Gasteiger partial charge >= 0.3 is 5.97 Å². The lowest BCUT2D eigenvalue weighted by Crippen LogP contribution is -2.52. The summed E-state index contributed by atoms with van der Waals surface area (Å²) >= 11 is 0. The first kappa shape index (κ1) is 19.2. The quantitative estimate of drug-likeness (QED) is 0.403. The molecule has 7 heteroatoms. The number of hydrogen-bond acceptors (Lipinski definition) is 5. The molecular formula is C23H25N3O4. The van der Waals surface area contributed by atoms with E-state index in [2.05, 4.69) is 15.5 Å². The van der Waals surface area contributed by atoms with Gasteiger partial charge in [-0.1, -0.05) is 0 Å². The van der Waals surface area contributed by atoms with Crippen LogP contribution in [0.3, 0.4) is 0 Å². The van der Waals surface area contributed by atoms with Gasteiger partial charge in [-0.2, -0.15) is 0 Å². The maximum Gasteiger partial charge on any atom is 0.335 e. The molecule has 2 unspecified atom stereocenters. The van der Waals surface area contributed by atoms with Crippen LogP contribution in [0, 0.1) is 0 Å². The minimum absolute atomic E-state index is 0.0270. The van der Waals surface area contributed by atoms with Gasteiger partial charge < -0.3 is 15.2 Å². The maximum absolute atomic E-state index is 12.8. The molecule has 156 valence electrons. The Morgan fingerprint density at radius 3 is 2.67 bits per heavy atom. The summed E-state index contributed by atoms with van der Waals surface area (Å²) in [7, 11) is 0. The zero-order chi connectivity index (χ0) is 20.9. The van der Waals surface area contributed by atoms with Crippen LogP contribution in [0.25, 0.3) is 5.57 Å². The molecule has 0 spiro atoms. The number of carbonyl (C=O) groups is 3. The average molecular weight is 407 g/mol. The minimum atomic E-state index is -1.05. The van der Waals surface area contributed by atoms with Crippen molar-refractivity contribution in [2.24, 2.45) is 0 Å². The Morgan fingerprint density at radius 2 is 1.93 bits per heavy atom. The van der Waals surface area contributed by atoms with E-state index < -0.39 is 11.5 Å². The predicted molar refractivity (Wildman–Crippen MR) is 112 cm³/mol. The van der Waals surface area contributed by atoms with Gasteiger partial charge in [-0.05, 0) is 87.0 Å². The number of fused-ring (bicyclic) bond motifs is 1. The zero-order valence-electron chi connectivity index (χ0n) is 16.7. The Morgan fingerprint density at radius 1 is 1.17 bits per heavy atom. The van der Waals surface area contributed by atoms with Crippen LogP contribution in [0.15, 0.2) is 35.4 Å². The van der Waals surface area contributed by atoms with E-state index in [1.807, 2.05) is 0 Å².